The van der Waals surface area contributed by atoms with Crippen LogP contribution < -0.4 is 25.8 Å². The van der Waals surface area contributed by atoms with Gasteiger partial charge in [0.05, 0.1) is 12.8 Å². The molecule has 1 saturated heterocycles. The number of piperidine rings is 1. The Morgan fingerprint density at radius 2 is 2.12 bits per heavy atom. The van der Waals surface area contributed by atoms with Crippen molar-refractivity contribution in [1.82, 2.24) is 19.9 Å². The summed E-state index contributed by atoms with van der Waals surface area (Å²) < 4.78 is 6.85. The quantitative estimate of drug-likeness (QED) is 0.537. The first kappa shape index (κ1) is 22.6. The van der Waals surface area contributed by atoms with Gasteiger partial charge in [0.25, 0.3) is 5.56 Å². The van der Waals surface area contributed by atoms with Crippen LogP contribution in [0.15, 0.2) is 54.0 Å². The van der Waals surface area contributed by atoms with Crippen LogP contribution in [-0.4, -0.2) is 46.8 Å². The Hall–Kier alpha value is -3.59. The van der Waals surface area contributed by atoms with Gasteiger partial charge in [0.1, 0.15) is 11.3 Å². The van der Waals surface area contributed by atoms with E-state index in [1.54, 1.807) is 41.1 Å². The highest BCUT2D eigenvalue weighted by molar-refractivity contribution is 6.31. The minimum atomic E-state index is -0.336. The van der Waals surface area contributed by atoms with Crippen molar-refractivity contribution in [2.24, 2.45) is 0 Å². The number of nitrogens with zero attached hydrogens (tertiary/aromatic N) is 4. The molecule has 2 aromatic heterocycles. The van der Waals surface area contributed by atoms with Crippen molar-refractivity contribution in [1.29, 1.82) is 0 Å². The van der Waals surface area contributed by atoms with Crippen molar-refractivity contribution < 1.29 is 9.53 Å². The second kappa shape index (κ2) is 9.91. The zero-order valence-electron chi connectivity index (χ0n) is 18.3. The molecule has 4 rings (SSSR count). The fraction of sp³-hybridized carbons (Fsp3) is 0.304. The van der Waals surface area contributed by atoms with Gasteiger partial charge in [-0.15, -0.1) is 6.58 Å². The Kier molecular flexibility index (Phi) is 6.79. The molecule has 0 atom stereocenters. The summed E-state index contributed by atoms with van der Waals surface area (Å²) in [4.78, 5) is 36.5. The molecular weight excluding hydrogens is 444 g/mol. The van der Waals surface area contributed by atoms with E-state index in [4.69, 9.17) is 16.3 Å². The Labute approximate surface area is 196 Å². The largest absolute Gasteiger partial charge is 0.495 e. The average Bonchev–Trinajstić information content (AvgIpc) is 2.81. The number of pyridine rings is 1. The maximum atomic E-state index is 13.1. The predicted octanol–water partition coefficient (Wildman–Crippen LogP) is 3.43. The fourth-order valence-electron chi connectivity index (χ4n) is 3.92. The summed E-state index contributed by atoms with van der Waals surface area (Å²) in [6.45, 7) is 5.28. The summed E-state index contributed by atoms with van der Waals surface area (Å²) in [5, 5.41) is 6.27. The number of ether oxygens (including phenoxy) is 1. The minimum Gasteiger partial charge on any atom is -0.495 e. The number of halogens is 1. The molecule has 1 fully saturated rings. The highest BCUT2D eigenvalue weighted by Gasteiger charge is 2.25. The monoisotopic (exact) mass is 468 g/mol. The lowest BCUT2D eigenvalue weighted by Crippen LogP contribution is -2.47. The number of hydrogen-bond acceptors (Lipinski definition) is 6. The van der Waals surface area contributed by atoms with Crippen LogP contribution in [0.5, 0.6) is 5.75 Å². The second-order valence-electron chi connectivity index (χ2n) is 7.69. The molecule has 0 unspecified atom stereocenters. The van der Waals surface area contributed by atoms with Gasteiger partial charge in [-0.05, 0) is 43.2 Å². The van der Waals surface area contributed by atoms with E-state index < -0.39 is 0 Å². The van der Waals surface area contributed by atoms with Crippen molar-refractivity contribution in [2.45, 2.75) is 25.4 Å². The smallest absolute Gasteiger partial charge is 0.319 e. The molecule has 1 aliphatic rings. The molecular formula is C23H25ClN6O3. The highest BCUT2D eigenvalue weighted by atomic mass is 35.5. The lowest BCUT2D eigenvalue weighted by atomic mass is 10.1. The summed E-state index contributed by atoms with van der Waals surface area (Å²) in [6.07, 6.45) is 4.66. The zero-order valence-corrected chi connectivity index (χ0v) is 19.0. The molecule has 0 aliphatic carbocycles. The maximum absolute atomic E-state index is 13.1. The van der Waals surface area contributed by atoms with E-state index in [2.05, 4.69) is 27.2 Å². The van der Waals surface area contributed by atoms with Crippen molar-refractivity contribution in [2.75, 3.05) is 30.4 Å². The summed E-state index contributed by atoms with van der Waals surface area (Å²) >= 11 is 6.03. The molecule has 2 amide bonds. The number of methoxy groups -OCH3 is 1. The number of aromatic nitrogens is 3. The number of nitrogens with one attached hydrogen (secondary N) is 2. The van der Waals surface area contributed by atoms with Crippen molar-refractivity contribution >= 4 is 40.3 Å². The molecule has 10 heteroatoms. The van der Waals surface area contributed by atoms with Gasteiger partial charge in [0.2, 0.25) is 0 Å². The summed E-state index contributed by atoms with van der Waals surface area (Å²) in [5.74, 6) is 0.918. The van der Waals surface area contributed by atoms with Gasteiger partial charge in [-0.2, -0.15) is 0 Å². The Balaban J connectivity index is 1.43. The number of fused-ring (bicyclic) bond motifs is 1. The number of urea groups is 1. The average molecular weight is 469 g/mol. The van der Waals surface area contributed by atoms with Crippen molar-refractivity contribution in [3.05, 3.63) is 64.6 Å². The lowest BCUT2D eigenvalue weighted by Gasteiger charge is -2.33. The van der Waals surface area contributed by atoms with E-state index >= 15 is 0 Å². The molecule has 9 nitrogen and oxygen atoms in total. The Morgan fingerprint density at radius 1 is 1.33 bits per heavy atom. The molecule has 0 bridgehead atoms. The van der Waals surface area contributed by atoms with E-state index in [0.717, 1.165) is 0 Å². The molecule has 0 spiro atoms. The number of benzene rings is 1. The first-order valence-electron chi connectivity index (χ1n) is 10.6. The van der Waals surface area contributed by atoms with Gasteiger partial charge in [0, 0.05) is 36.9 Å². The Morgan fingerprint density at radius 3 is 2.85 bits per heavy atom. The van der Waals surface area contributed by atoms with Gasteiger partial charge in [-0.25, -0.2) is 14.8 Å². The number of amides is 2. The molecule has 3 aromatic rings. The third-order valence-electron chi connectivity index (χ3n) is 5.54. The van der Waals surface area contributed by atoms with Crippen LogP contribution in [0.25, 0.3) is 11.2 Å². The van der Waals surface area contributed by atoms with Crippen LogP contribution in [0.2, 0.25) is 5.02 Å². The predicted molar refractivity (Wildman–Crippen MR) is 129 cm³/mol. The maximum Gasteiger partial charge on any atom is 0.319 e. The van der Waals surface area contributed by atoms with Crippen molar-refractivity contribution in [3.8, 4) is 5.75 Å². The van der Waals surface area contributed by atoms with E-state index in [1.165, 1.54) is 7.11 Å². The number of carbonyl (C=O) groups excluding carboxylic acids is 1. The van der Waals surface area contributed by atoms with Crippen LogP contribution in [0.4, 0.5) is 16.3 Å². The Bertz CT molecular complexity index is 1240. The summed E-state index contributed by atoms with van der Waals surface area (Å²) in [5.41, 5.74) is 1.50. The lowest BCUT2D eigenvalue weighted by molar-refractivity contribution is 0.246. The summed E-state index contributed by atoms with van der Waals surface area (Å²) in [7, 11) is 1.53. The van der Waals surface area contributed by atoms with Gasteiger partial charge in [-0.3, -0.25) is 9.36 Å². The fourth-order valence-corrected chi connectivity index (χ4v) is 4.10. The van der Waals surface area contributed by atoms with Gasteiger partial charge < -0.3 is 20.3 Å². The molecule has 2 N–H and O–H groups in total. The topological polar surface area (TPSA) is 101 Å². The number of carbonyl (C=O) groups is 1. The third kappa shape index (κ3) is 4.93. The van der Waals surface area contributed by atoms with Crippen LogP contribution in [0.1, 0.15) is 12.8 Å². The van der Waals surface area contributed by atoms with E-state index in [9.17, 15) is 9.59 Å². The molecule has 3 heterocycles. The van der Waals surface area contributed by atoms with Crippen LogP contribution >= 0.6 is 11.6 Å². The molecule has 0 radical (unpaired) electrons. The molecule has 1 aromatic carbocycles. The first-order chi connectivity index (χ1) is 16.0. The van der Waals surface area contributed by atoms with Crippen LogP contribution in [0, 0.1) is 0 Å². The molecule has 172 valence electrons. The van der Waals surface area contributed by atoms with Gasteiger partial charge >= 0.3 is 6.03 Å². The molecule has 0 saturated carbocycles. The zero-order chi connectivity index (χ0) is 23.4. The van der Waals surface area contributed by atoms with Gasteiger partial charge in [0.15, 0.2) is 11.5 Å². The molecule has 33 heavy (non-hydrogen) atoms. The van der Waals surface area contributed by atoms with Crippen molar-refractivity contribution in [3.63, 3.8) is 0 Å². The highest BCUT2D eigenvalue weighted by Crippen LogP contribution is 2.27. The SMILES string of the molecule is C=CCn1c(=O)c(N2CCC(NC(=O)Nc3cc(Cl)ccc3OC)CC2)nc2cccnc21. The third-order valence-corrected chi connectivity index (χ3v) is 5.77. The van der Waals surface area contributed by atoms with E-state index in [1.807, 2.05) is 11.0 Å². The number of anilines is 2. The van der Waals surface area contributed by atoms with Gasteiger partial charge in [-0.1, -0.05) is 17.7 Å². The van der Waals surface area contributed by atoms with E-state index in [0.29, 0.717) is 65.9 Å². The second-order valence-corrected chi connectivity index (χ2v) is 8.13. The van der Waals surface area contributed by atoms with Crippen LogP contribution in [0.3, 0.4) is 0 Å². The standard InChI is InChI=1S/C23H25ClN6O3/c1-3-11-30-20-17(5-4-10-25-20)27-21(22(30)31)29-12-8-16(9-13-29)26-23(32)28-18-14-15(24)6-7-19(18)33-2/h3-7,10,14,16H,1,8-9,11-13H2,2H3,(H2,26,28,32). The van der Waals surface area contributed by atoms with Crippen LogP contribution in [-0.2, 0) is 6.54 Å². The number of rotatable bonds is 6. The van der Waals surface area contributed by atoms with E-state index in [-0.39, 0.29) is 17.6 Å². The minimum absolute atomic E-state index is 0.0380. The number of allylic oxidation sites excluding steroid dienone is 1. The molecule has 1 aliphatic heterocycles. The summed E-state index contributed by atoms with van der Waals surface area (Å²) in [6, 6.07) is 8.29. The number of hydrogen-bond donors (Lipinski definition) is 2. The normalized spacial score (nSPS) is 14.2. The first-order valence-corrected chi connectivity index (χ1v) is 11.0.